The molecular formula is C18H28N4O. The van der Waals surface area contributed by atoms with Gasteiger partial charge in [0.1, 0.15) is 5.75 Å². The standard InChI is InChI=1S/C18H28N4O/c1-4-11-20-18(19)21-13-15-6-5-12-22(2)17(15)14-7-9-16(23-3)10-8-14/h4,7-10,15,17H,1,5-6,11-13H2,2-3H3,(H3,19,20,21). The molecule has 0 spiro atoms. The molecule has 2 rings (SSSR count). The second kappa shape index (κ2) is 8.58. The molecule has 5 nitrogen and oxygen atoms in total. The Labute approximate surface area is 139 Å². The van der Waals surface area contributed by atoms with Gasteiger partial charge in [-0.05, 0) is 50.0 Å². The molecule has 0 radical (unpaired) electrons. The highest BCUT2D eigenvalue weighted by Crippen LogP contribution is 2.35. The number of ether oxygens (including phenoxy) is 1. The second-order valence-corrected chi connectivity index (χ2v) is 6.00. The summed E-state index contributed by atoms with van der Waals surface area (Å²) in [7, 11) is 3.88. The summed E-state index contributed by atoms with van der Waals surface area (Å²) >= 11 is 0. The second-order valence-electron chi connectivity index (χ2n) is 6.00. The molecule has 2 atom stereocenters. The number of aliphatic imine (C=N–C) groups is 1. The number of nitrogens with one attached hydrogen (secondary N) is 1. The summed E-state index contributed by atoms with van der Waals surface area (Å²) in [6.07, 6.45) is 4.14. The van der Waals surface area contributed by atoms with Gasteiger partial charge in [0.05, 0.1) is 7.11 Å². The van der Waals surface area contributed by atoms with Crippen LogP contribution in [0.15, 0.2) is 41.9 Å². The van der Waals surface area contributed by atoms with Crippen LogP contribution < -0.4 is 15.8 Å². The van der Waals surface area contributed by atoms with Gasteiger partial charge in [-0.3, -0.25) is 9.89 Å². The van der Waals surface area contributed by atoms with E-state index in [1.54, 1.807) is 13.2 Å². The largest absolute Gasteiger partial charge is 0.497 e. The van der Waals surface area contributed by atoms with Crippen molar-refractivity contribution in [3.63, 3.8) is 0 Å². The topological polar surface area (TPSA) is 62.9 Å². The van der Waals surface area contributed by atoms with Crippen LogP contribution in [0.4, 0.5) is 0 Å². The Morgan fingerprint density at radius 2 is 2.22 bits per heavy atom. The van der Waals surface area contributed by atoms with Gasteiger partial charge in [-0.25, -0.2) is 0 Å². The highest BCUT2D eigenvalue weighted by molar-refractivity contribution is 5.77. The first-order valence-electron chi connectivity index (χ1n) is 8.14. The van der Waals surface area contributed by atoms with Gasteiger partial charge in [-0.15, -0.1) is 6.58 Å². The molecule has 0 amide bonds. The van der Waals surface area contributed by atoms with Gasteiger partial charge >= 0.3 is 0 Å². The van der Waals surface area contributed by atoms with Crippen LogP contribution in [0, 0.1) is 5.92 Å². The first-order valence-corrected chi connectivity index (χ1v) is 8.14. The van der Waals surface area contributed by atoms with E-state index in [1.165, 1.54) is 18.4 Å². The molecule has 0 saturated carbocycles. The van der Waals surface area contributed by atoms with Gasteiger partial charge < -0.3 is 15.8 Å². The van der Waals surface area contributed by atoms with Gasteiger partial charge in [-0.2, -0.15) is 0 Å². The minimum atomic E-state index is 0.366. The summed E-state index contributed by atoms with van der Waals surface area (Å²) in [5, 5.41) is 3.03. The molecule has 2 unspecified atom stereocenters. The molecule has 3 N–H and O–H groups in total. The summed E-state index contributed by atoms with van der Waals surface area (Å²) in [4.78, 5) is 6.93. The van der Waals surface area contributed by atoms with Crippen molar-refractivity contribution in [1.82, 2.24) is 10.2 Å². The summed E-state index contributed by atoms with van der Waals surface area (Å²) in [6.45, 7) is 6.15. The summed E-state index contributed by atoms with van der Waals surface area (Å²) in [5.74, 6) is 1.84. The molecule has 1 aliphatic rings. The van der Waals surface area contributed by atoms with Crippen LogP contribution in [-0.2, 0) is 0 Å². The third kappa shape index (κ3) is 4.73. The Bertz CT molecular complexity index is 526. The monoisotopic (exact) mass is 316 g/mol. The van der Waals surface area contributed by atoms with E-state index in [0.29, 0.717) is 24.5 Å². The van der Waals surface area contributed by atoms with Crippen molar-refractivity contribution >= 4 is 5.96 Å². The number of methoxy groups -OCH3 is 1. The van der Waals surface area contributed by atoms with Gasteiger partial charge in [0.2, 0.25) is 0 Å². The molecule has 1 aromatic carbocycles. The minimum Gasteiger partial charge on any atom is -0.497 e. The number of hydrogen-bond acceptors (Lipinski definition) is 3. The fourth-order valence-corrected chi connectivity index (χ4v) is 3.23. The molecule has 1 saturated heterocycles. The smallest absolute Gasteiger partial charge is 0.188 e. The van der Waals surface area contributed by atoms with E-state index in [1.807, 2.05) is 12.1 Å². The molecule has 1 heterocycles. The Morgan fingerprint density at radius 1 is 1.48 bits per heavy atom. The maximum atomic E-state index is 5.89. The maximum Gasteiger partial charge on any atom is 0.188 e. The molecule has 0 aromatic heterocycles. The van der Waals surface area contributed by atoms with E-state index >= 15 is 0 Å². The quantitative estimate of drug-likeness (QED) is 0.480. The number of likely N-dealkylation sites (tertiary alicyclic amines) is 1. The van der Waals surface area contributed by atoms with Crippen molar-refractivity contribution in [2.45, 2.75) is 18.9 Å². The molecule has 0 bridgehead atoms. The fraction of sp³-hybridized carbons (Fsp3) is 0.500. The fourth-order valence-electron chi connectivity index (χ4n) is 3.23. The van der Waals surface area contributed by atoms with E-state index < -0.39 is 0 Å². The zero-order chi connectivity index (χ0) is 16.7. The number of nitrogens with zero attached hydrogens (tertiary/aromatic N) is 2. The summed E-state index contributed by atoms with van der Waals surface area (Å²) in [5.41, 5.74) is 7.21. The Kier molecular flexibility index (Phi) is 6.47. The normalized spacial score (nSPS) is 22.6. The lowest BCUT2D eigenvalue weighted by molar-refractivity contribution is 0.125. The van der Waals surface area contributed by atoms with Crippen LogP contribution in [0.3, 0.4) is 0 Å². The van der Waals surface area contributed by atoms with E-state index in [-0.39, 0.29) is 0 Å². The highest BCUT2D eigenvalue weighted by Gasteiger charge is 2.30. The molecule has 1 fully saturated rings. The molecule has 0 aliphatic carbocycles. The highest BCUT2D eigenvalue weighted by atomic mass is 16.5. The predicted molar refractivity (Wildman–Crippen MR) is 95.8 cm³/mol. The van der Waals surface area contributed by atoms with E-state index in [4.69, 9.17) is 10.5 Å². The lowest BCUT2D eigenvalue weighted by Gasteiger charge is -2.39. The summed E-state index contributed by atoms with van der Waals surface area (Å²) < 4.78 is 5.26. The van der Waals surface area contributed by atoms with E-state index in [2.05, 4.69) is 41.0 Å². The van der Waals surface area contributed by atoms with Crippen molar-refractivity contribution in [3.05, 3.63) is 42.5 Å². The predicted octanol–water partition coefficient (Wildman–Crippen LogP) is 2.17. The number of nitrogens with two attached hydrogens (primary N) is 1. The van der Waals surface area contributed by atoms with E-state index in [9.17, 15) is 0 Å². The zero-order valence-electron chi connectivity index (χ0n) is 14.2. The average molecular weight is 316 g/mol. The number of hydrogen-bond donors (Lipinski definition) is 2. The van der Waals surface area contributed by atoms with Gasteiger partial charge in [0.25, 0.3) is 0 Å². The van der Waals surface area contributed by atoms with Crippen LogP contribution >= 0.6 is 0 Å². The van der Waals surface area contributed by atoms with E-state index in [0.717, 1.165) is 18.8 Å². The molecular weight excluding hydrogens is 288 g/mol. The summed E-state index contributed by atoms with van der Waals surface area (Å²) in [6, 6.07) is 8.73. The molecule has 126 valence electrons. The maximum absolute atomic E-state index is 5.89. The number of rotatable bonds is 6. The molecule has 23 heavy (non-hydrogen) atoms. The number of benzene rings is 1. The van der Waals surface area contributed by atoms with Crippen LogP contribution in [0.2, 0.25) is 0 Å². The zero-order valence-corrected chi connectivity index (χ0v) is 14.2. The Morgan fingerprint density at radius 3 is 2.87 bits per heavy atom. The lowest BCUT2D eigenvalue weighted by Crippen LogP contribution is -2.38. The van der Waals surface area contributed by atoms with Gasteiger partial charge in [-0.1, -0.05) is 18.2 Å². The van der Waals surface area contributed by atoms with Crippen molar-refractivity contribution in [2.75, 3.05) is 33.8 Å². The van der Waals surface area contributed by atoms with Crippen LogP contribution in [-0.4, -0.2) is 44.7 Å². The minimum absolute atomic E-state index is 0.366. The lowest BCUT2D eigenvalue weighted by atomic mass is 9.85. The van der Waals surface area contributed by atoms with Crippen LogP contribution in [0.1, 0.15) is 24.4 Å². The third-order valence-electron chi connectivity index (χ3n) is 4.39. The first kappa shape index (κ1) is 17.3. The van der Waals surface area contributed by atoms with Crippen molar-refractivity contribution in [3.8, 4) is 5.75 Å². The number of piperidine rings is 1. The van der Waals surface area contributed by atoms with Crippen LogP contribution in [0.5, 0.6) is 5.75 Å². The van der Waals surface area contributed by atoms with Crippen molar-refractivity contribution < 1.29 is 4.74 Å². The SMILES string of the molecule is C=CCNC(N)=NCC1CCCN(C)C1c1ccc(OC)cc1. The number of guanidine groups is 1. The van der Waals surface area contributed by atoms with Gasteiger partial charge in [0.15, 0.2) is 5.96 Å². The molecule has 1 aliphatic heterocycles. The Balaban J connectivity index is 2.10. The van der Waals surface area contributed by atoms with Crippen molar-refractivity contribution in [2.24, 2.45) is 16.6 Å². The van der Waals surface area contributed by atoms with Crippen LogP contribution in [0.25, 0.3) is 0 Å². The third-order valence-corrected chi connectivity index (χ3v) is 4.39. The molecule has 1 aromatic rings. The Hall–Kier alpha value is -2.01. The first-order chi connectivity index (χ1) is 11.2. The average Bonchev–Trinajstić information content (AvgIpc) is 2.58. The molecule has 5 heteroatoms. The van der Waals surface area contributed by atoms with Gasteiger partial charge in [0, 0.05) is 19.1 Å². The van der Waals surface area contributed by atoms with Crippen molar-refractivity contribution in [1.29, 1.82) is 0 Å².